The van der Waals surface area contributed by atoms with Gasteiger partial charge >= 0.3 is 0 Å². The first-order valence-corrected chi connectivity index (χ1v) is 21.7. The molecule has 3 unspecified atom stereocenters. The minimum absolute atomic E-state index is 0.00477. The summed E-state index contributed by atoms with van der Waals surface area (Å²) in [5, 5.41) is 13.7. The van der Waals surface area contributed by atoms with Crippen LogP contribution in [-0.2, 0) is 18.4 Å². The number of aliphatic hydroxyl groups excluding tert-OH is 1. The summed E-state index contributed by atoms with van der Waals surface area (Å²) < 4.78 is 23.1. The summed E-state index contributed by atoms with van der Waals surface area (Å²) >= 11 is 0. The van der Waals surface area contributed by atoms with Gasteiger partial charge in [-0.05, 0) is 38.5 Å². The van der Waals surface area contributed by atoms with Gasteiger partial charge in [-0.2, -0.15) is 0 Å². The van der Waals surface area contributed by atoms with E-state index in [1.165, 1.54) is 116 Å². The number of aliphatic hydroxyl groups is 1. The van der Waals surface area contributed by atoms with Gasteiger partial charge in [0.05, 0.1) is 39.9 Å². The average molecular weight is 715 g/mol. The highest BCUT2D eigenvalue weighted by molar-refractivity contribution is 7.45. The van der Waals surface area contributed by atoms with Crippen LogP contribution >= 0.6 is 7.82 Å². The second-order valence-corrected chi connectivity index (χ2v) is 16.4. The Morgan fingerprint density at radius 3 is 1.61 bits per heavy atom. The van der Waals surface area contributed by atoms with Crippen molar-refractivity contribution in [1.82, 2.24) is 5.32 Å². The first-order valence-electron chi connectivity index (χ1n) is 20.2. The van der Waals surface area contributed by atoms with Gasteiger partial charge in [-0.3, -0.25) is 9.36 Å². The van der Waals surface area contributed by atoms with E-state index in [4.69, 9.17) is 9.05 Å². The van der Waals surface area contributed by atoms with Crippen LogP contribution in [0.4, 0.5) is 0 Å². The summed E-state index contributed by atoms with van der Waals surface area (Å²) in [6, 6.07) is -0.895. The molecule has 0 spiro atoms. The zero-order valence-electron chi connectivity index (χ0n) is 32.6. The van der Waals surface area contributed by atoms with Crippen LogP contribution < -0.4 is 10.2 Å². The Kier molecular flexibility index (Phi) is 32.2. The van der Waals surface area contributed by atoms with Crippen LogP contribution in [-0.4, -0.2) is 68.5 Å². The van der Waals surface area contributed by atoms with E-state index in [1.54, 1.807) is 6.08 Å². The average Bonchev–Trinajstić information content (AvgIpc) is 3.04. The van der Waals surface area contributed by atoms with E-state index in [1.807, 2.05) is 27.2 Å². The number of likely N-dealkylation sites (N-methyl/N-ethyl adjacent to an activating group) is 1. The molecule has 9 heteroatoms. The fraction of sp³-hybridized carbons (Fsp3) is 0.875. The van der Waals surface area contributed by atoms with Gasteiger partial charge in [0.2, 0.25) is 5.91 Å². The molecule has 0 radical (unpaired) electrons. The molecule has 290 valence electrons. The minimum atomic E-state index is -4.58. The summed E-state index contributed by atoms with van der Waals surface area (Å²) in [4.78, 5) is 25.1. The second-order valence-electron chi connectivity index (χ2n) is 15.0. The van der Waals surface area contributed by atoms with Crippen LogP contribution in [0.1, 0.15) is 174 Å². The third-order valence-corrected chi connectivity index (χ3v) is 9.87. The predicted molar refractivity (Wildman–Crippen MR) is 205 cm³/mol. The molecule has 0 fully saturated rings. The molecule has 8 nitrogen and oxygen atoms in total. The van der Waals surface area contributed by atoms with Gasteiger partial charge in [0, 0.05) is 6.42 Å². The molecule has 3 atom stereocenters. The number of hydrogen-bond donors (Lipinski definition) is 2. The maximum Gasteiger partial charge on any atom is 0.268 e. The number of carbonyl (C=O) groups excluding carboxylic acids is 1. The molecule has 49 heavy (non-hydrogen) atoms. The third-order valence-electron chi connectivity index (χ3n) is 8.91. The summed E-state index contributed by atoms with van der Waals surface area (Å²) in [6.07, 6.45) is 36.6. The molecular formula is C40H79N2O6P. The summed E-state index contributed by atoms with van der Waals surface area (Å²) in [5.74, 6) is -0.234. The highest BCUT2D eigenvalue weighted by atomic mass is 31.2. The van der Waals surface area contributed by atoms with Crippen molar-refractivity contribution < 1.29 is 32.9 Å². The number of rotatable bonds is 36. The molecule has 0 aliphatic rings. The summed E-state index contributed by atoms with van der Waals surface area (Å²) in [6.45, 7) is 4.58. The van der Waals surface area contributed by atoms with Gasteiger partial charge in [-0.25, -0.2) is 0 Å². The van der Waals surface area contributed by atoms with Crippen LogP contribution in [0.5, 0.6) is 0 Å². The first-order chi connectivity index (χ1) is 23.5. The number of allylic oxidation sites excluding steroid dienone is 3. The maximum atomic E-state index is 12.7. The molecule has 0 bridgehead atoms. The van der Waals surface area contributed by atoms with Crippen LogP contribution in [0.2, 0.25) is 0 Å². The van der Waals surface area contributed by atoms with Crippen LogP contribution in [0, 0.1) is 0 Å². The molecule has 0 aromatic rings. The summed E-state index contributed by atoms with van der Waals surface area (Å²) in [7, 11) is 1.24. The SMILES string of the molecule is CCCCCC/C=C\CCCC(=O)NC(COP(=O)([O-])OCC[N+](C)(C)C)C(O)/C=C/CCCCCCCCCCCCCCCCCC. The number of quaternary nitrogens is 1. The first kappa shape index (κ1) is 48.0. The number of phosphoric ester groups is 1. The summed E-state index contributed by atoms with van der Waals surface area (Å²) in [5.41, 5.74) is 0. The molecule has 0 saturated carbocycles. The zero-order chi connectivity index (χ0) is 36.5. The molecule has 0 aliphatic heterocycles. The maximum absolute atomic E-state index is 12.7. The number of nitrogens with one attached hydrogen (secondary N) is 1. The molecule has 2 N–H and O–H groups in total. The second kappa shape index (κ2) is 32.9. The standard InChI is InChI=1S/C40H79N2O6P/c1-6-8-10-12-14-16-17-18-19-20-21-22-23-24-26-27-29-31-33-39(43)38(37-48-49(45,46)47-36-35-42(3,4)5)41-40(44)34-32-30-28-25-15-13-11-9-7-2/h25,28,31,33,38-39,43H,6-24,26-27,29-30,32,34-37H2,1-5H3,(H-,41,44,45,46)/b28-25-,33-31+. The molecular weight excluding hydrogens is 635 g/mol. The molecule has 0 aromatic heterocycles. The number of phosphoric acid groups is 1. The lowest BCUT2D eigenvalue weighted by molar-refractivity contribution is -0.870. The minimum Gasteiger partial charge on any atom is -0.756 e. The van der Waals surface area contributed by atoms with E-state index < -0.39 is 20.0 Å². The number of hydrogen-bond acceptors (Lipinski definition) is 6. The Morgan fingerprint density at radius 1 is 0.694 bits per heavy atom. The van der Waals surface area contributed by atoms with Crippen molar-refractivity contribution in [3.05, 3.63) is 24.3 Å². The Bertz CT molecular complexity index is 860. The lowest BCUT2D eigenvalue weighted by Gasteiger charge is -2.29. The van der Waals surface area contributed by atoms with Crippen molar-refractivity contribution in [2.75, 3.05) is 40.9 Å². The van der Waals surface area contributed by atoms with Gasteiger partial charge in [-0.1, -0.05) is 154 Å². The quantitative estimate of drug-likeness (QED) is 0.0290. The van der Waals surface area contributed by atoms with Gasteiger partial charge < -0.3 is 28.8 Å². The smallest absolute Gasteiger partial charge is 0.268 e. The molecule has 0 heterocycles. The third kappa shape index (κ3) is 35.2. The van der Waals surface area contributed by atoms with Gasteiger partial charge in [0.15, 0.2) is 0 Å². The molecule has 0 aromatic carbocycles. The number of nitrogens with zero attached hydrogens (tertiary/aromatic N) is 1. The predicted octanol–water partition coefficient (Wildman–Crippen LogP) is 9.94. The van der Waals surface area contributed by atoms with E-state index >= 15 is 0 Å². The van der Waals surface area contributed by atoms with Gasteiger partial charge in [-0.15, -0.1) is 0 Å². The van der Waals surface area contributed by atoms with Crippen molar-refractivity contribution in [3.8, 4) is 0 Å². The fourth-order valence-electron chi connectivity index (χ4n) is 5.63. The van der Waals surface area contributed by atoms with Crippen LogP contribution in [0.25, 0.3) is 0 Å². The zero-order valence-corrected chi connectivity index (χ0v) is 33.5. The van der Waals surface area contributed by atoms with Crippen molar-refractivity contribution in [2.45, 2.75) is 187 Å². The van der Waals surface area contributed by atoms with E-state index in [9.17, 15) is 19.4 Å². The van der Waals surface area contributed by atoms with E-state index in [-0.39, 0.29) is 19.1 Å². The van der Waals surface area contributed by atoms with Gasteiger partial charge in [0.1, 0.15) is 13.2 Å². The number of carbonyl (C=O) groups is 1. The van der Waals surface area contributed by atoms with Crippen molar-refractivity contribution in [1.29, 1.82) is 0 Å². The largest absolute Gasteiger partial charge is 0.756 e. The lowest BCUT2D eigenvalue weighted by Crippen LogP contribution is -2.45. The Hall–Kier alpha value is -1.02. The van der Waals surface area contributed by atoms with E-state index in [0.29, 0.717) is 23.9 Å². The van der Waals surface area contributed by atoms with Crippen molar-refractivity contribution in [3.63, 3.8) is 0 Å². The topological polar surface area (TPSA) is 108 Å². The van der Waals surface area contributed by atoms with E-state index in [2.05, 4.69) is 31.3 Å². The lowest BCUT2D eigenvalue weighted by atomic mass is 10.0. The highest BCUT2D eigenvalue weighted by Crippen LogP contribution is 2.38. The normalized spacial score (nSPS) is 14.8. The Labute approximate surface area is 303 Å². The Balaban J connectivity index is 4.44. The monoisotopic (exact) mass is 715 g/mol. The van der Waals surface area contributed by atoms with Crippen molar-refractivity contribution >= 4 is 13.7 Å². The molecule has 0 saturated heterocycles. The number of amides is 1. The molecule has 1 amide bonds. The van der Waals surface area contributed by atoms with Crippen molar-refractivity contribution in [2.24, 2.45) is 0 Å². The van der Waals surface area contributed by atoms with Gasteiger partial charge in [0.25, 0.3) is 7.82 Å². The van der Waals surface area contributed by atoms with Crippen LogP contribution in [0.15, 0.2) is 24.3 Å². The highest BCUT2D eigenvalue weighted by Gasteiger charge is 2.23. The number of unbranched alkanes of at least 4 members (excludes halogenated alkanes) is 21. The van der Waals surface area contributed by atoms with E-state index in [0.717, 1.165) is 32.1 Å². The Morgan fingerprint density at radius 2 is 1.12 bits per heavy atom. The fourth-order valence-corrected chi connectivity index (χ4v) is 6.35. The molecule has 0 aliphatic carbocycles. The molecule has 0 rings (SSSR count). The van der Waals surface area contributed by atoms with Crippen LogP contribution in [0.3, 0.4) is 0 Å².